The summed E-state index contributed by atoms with van der Waals surface area (Å²) in [4.78, 5) is 15.7. The first-order chi connectivity index (χ1) is 8.14. The molecule has 5 nitrogen and oxygen atoms in total. The summed E-state index contributed by atoms with van der Waals surface area (Å²) in [6.45, 7) is 0. The van der Waals surface area contributed by atoms with Crippen LogP contribution in [0.2, 0.25) is 0 Å². The number of hydrogen-bond acceptors (Lipinski definition) is 3. The Labute approximate surface area is 101 Å². The number of nitrogens with one attached hydrogen (secondary N) is 1. The van der Waals surface area contributed by atoms with Gasteiger partial charge in [-0.2, -0.15) is 0 Å². The molecule has 1 aliphatic carbocycles. The number of hydrogen-bond donors (Lipinski definition) is 2. The van der Waals surface area contributed by atoms with E-state index in [1.165, 1.54) is 0 Å². The lowest BCUT2D eigenvalue weighted by Gasteiger charge is -2.29. The Morgan fingerprint density at radius 1 is 1.41 bits per heavy atom. The average molecular weight is 237 g/mol. The SMILES string of the molecule is Cn1ccnc1NC1(C(=O)O)CCCCCC1. The van der Waals surface area contributed by atoms with Crippen molar-refractivity contribution in [2.45, 2.75) is 44.1 Å². The van der Waals surface area contributed by atoms with E-state index in [-0.39, 0.29) is 0 Å². The van der Waals surface area contributed by atoms with Gasteiger partial charge in [0.15, 0.2) is 0 Å². The molecule has 1 aromatic rings. The number of anilines is 1. The zero-order chi connectivity index (χ0) is 12.3. The Hall–Kier alpha value is -1.52. The Kier molecular flexibility index (Phi) is 3.36. The van der Waals surface area contributed by atoms with Gasteiger partial charge in [-0.15, -0.1) is 0 Å². The fourth-order valence-corrected chi connectivity index (χ4v) is 2.42. The number of aryl methyl sites for hydroxylation is 1. The van der Waals surface area contributed by atoms with Crippen LogP contribution < -0.4 is 5.32 Å². The van der Waals surface area contributed by atoms with Crippen LogP contribution in [0.15, 0.2) is 12.4 Å². The number of rotatable bonds is 3. The molecule has 0 aromatic carbocycles. The molecule has 0 radical (unpaired) electrons. The second kappa shape index (κ2) is 4.77. The van der Waals surface area contributed by atoms with E-state index in [1.54, 1.807) is 6.20 Å². The molecule has 1 aromatic heterocycles. The zero-order valence-corrected chi connectivity index (χ0v) is 10.1. The zero-order valence-electron chi connectivity index (χ0n) is 10.1. The van der Waals surface area contributed by atoms with Crippen LogP contribution in [0.4, 0.5) is 5.95 Å². The van der Waals surface area contributed by atoms with Crippen molar-refractivity contribution in [3.05, 3.63) is 12.4 Å². The summed E-state index contributed by atoms with van der Waals surface area (Å²) < 4.78 is 1.82. The van der Waals surface area contributed by atoms with Crippen LogP contribution >= 0.6 is 0 Å². The monoisotopic (exact) mass is 237 g/mol. The molecule has 1 aliphatic rings. The third kappa shape index (κ3) is 2.43. The third-order valence-corrected chi connectivity index (χ3v) is 3.54. The molecule has 0 unspecified atom stereocenters. The van der Waals surface area contributed by atoms with E-state index in [0.717, 1.165) is 25.7 Å². The Balaban J connectivity index is 2.21. The minimum absolute atomic E-state index is 0.634. The molecule has 0 saturated heterocycles. The van der Waals surface area contributed by atoms with Crippen LogP contribution in [0, 0.1) is 0 Å². The summed E-state index contributed by atoms with van der Waals surface area (Å²) in [5.74, 6) is -0.128. The quantitative estimate of drug-likeness (QED) is 0.789. The van der Waals surface area contributed by atoms with Gasteiger partial charge in [0.25, 0.3) is 0 Å². The van der Waals surface area contributed by atoms with Crippen LogP contribution in [0.3, 0.4) is 0 Å². The molecular weight excluding hydrogens is 218 g/mol. The number of carboxylic acid groups (broad SMARTS) is 1. The van der Waals surface area contributed by atoms with Crippen molar-refractivity contribution in [1.82, 2.24) is 9.55 Å². The van der Waals surface area contributed by atoms with Crippen LogP contribution in [0.1, 0.15) is 38.5 Å². The highest BCUT2D eigenvalue weighted by atomic mass is 16.4. The van der Waals surface area contributed by atoms with Gasteiger partial charge in [0.2, 0.25) is 5.95 Å². The smallest absolute Gasteiger partial charge is 0.329 e. The molecule has 94 valence electrons. The van der Waals surface area contributed by atoms with Crippen molar-refractivity contribution < 1.29 is 9.90 Å². The Morgan fingerprint density at radius 3 is 2.53 bits per heavy atom. The van der Waals surface area contributed by atoms with Crippen molar-refractivity contribution in [1.29, 1.82) is 0 Å². The van der Waals surface area contributed by atoms with Crippen LogP contribution in [-0.2, 0) is 11.8 Å². The topological polar surface area (TPSA) is 67.2 Å². The lowest BCUT2D eigenvalue weighted by Crippen LogP contribution is -2.46. The van der Waals surface area contributed by atoms with Gasteiger partial charge in [-0.3, -0.25) is 0 Å². The lowest BCUT2D eigenvalue weighted by atomic mass is 9.90. The lowest BCUT2D eigenvalue weighted by molar-refractivity contribution is -0.142. The van der Waals surface area contributed by atoms with E-state index < -0.39 is 11.5 Å². The number of nitrogens with zero attached hydrogens (tertiary/aromatic N) is 2. The van der Waals surface area contributed by atoms with E-state index in [9.17, 15) is 9.90 Å². The number of aromatic nitrogens is 2. The van der Waals surface area contributed by atoms with Gasteiger partial charge in [0.05, 0.1) is 0 Å². The number of carboxylic acids is 1. The molecule has 1 heterocycles. The normalized spacial score (nSPS) is 19.6. The maximum absolute atomic E-state index is 11.6. The van der Waals surface area contributed by atoms with E-state index in [0.29, 0.717) is 18.8 Å². The summed E-state index contributed by atoms with van der Waals surface area (Å²) in [5, 5.41) is 12.6. The molecule has 5 heteroatoms. The fraction of sp³-hybridized carbons (Fsp3) is 0.667. The molecule has 1 saturated carbocycles. The summed E-state index contributed by atoms with van der Waals surface area (Å²) in [5.41, 5.74) is -0.838. The van der Waals surface area contributed by atoms with E-state index >= 15 is 0 Å². The summed E-state index contributed by atoms with van der Waals surface area (Å²) in [7, 11) is 1.86. The van der Waals surface area contributed by atoms with E-state index in [2.05, 4.69) is 10.3 Å². The molecular formula is C12H19N3O2. The third-order valence-electron chi connectivity index (χ3n) is 3.54. The van der Waals surface area contributed by atoms with Crippen molar-refractivity contribution >= 4 is 11.9 Å². The molecule has 0 amide bonds. The van der Waals surface area contributed by atoms with Gasteiger partial charge in [0, 0.05) is 19.4 Å². The van der Waals surface area contributed by atoms with Gasteiger partial charge >= 0.3 is 5.97 Å². The molecule has 0 spiro atoms. The molecule has 0 atom stereocenters. The van der Waals surface area contributed by atoms with Gasteiger partial charge in [0.1, 0.15) is 5.54 Å². The summed E-state index contributed by atoms with van der Waals surface area (Å²) in [6.07, 6.45) is 9.01. The van der Waals surface area contributed by atoms with Gasteiger partial charge in [-0.1, -0.05) is 25.7 Å². The van der Waals surface area contributed by atoms with Gasteiger partial charge < -0.3 is 15.0 Å². The Morgan fingerprint density at radius 2 is 2.06 bits per heavy atom. The van der Waals surface area contributed by atoms with Crippen molar-refractivity contribution in [2.24, 2.45) is 7.05 Å². The van der Waals surface area contributed by atoms with E-state index in [4.69, 9.17) is 0 Å². The largest absolute Gasteiger partial charge is 0.480 e. The number of imidazole rings is 1. The minimum atomic E-state index is -0.838. The summed E-state index contributed by atoms with van der Waals surface area (Å²) in [6, 6.07) is 0. The van der Waals surface area contributed by atoms with Gasteiger partial charge in [-0.05, 0) is 12.8 Å². The summed E-state index contributed by atoms with van der Waals surface area (Å²) >= 11 is 0. The van der Waals surface area contributed by atoms with E-state index in [1.807, 2.05) is 17.8 Å². The predicted octanol–water partition coefficient (Wildman–Crippen LogP) is 2.01. The maximum Gasteiger partial charge on any atom is 0.329 e. The highest BCUT2D eigenvalue weighted by molar-refractivity contribution is 5.82. The first-order valence-electron chi connectivity index (χ1n) is 6.13. The molecule has 1 fully saturated rings. The first-order valence-corrected chi connectivity index (χ1v) is 6.13. The second-order valence-corrected chi connectivity index (χ2v) is 4.79. The second-order valence-electron chi connectivity index (χ2n) is 4.79. The molecule has 2 N–H and O–H groups in total. The molecule has 0 aliphatic heterocycles. The highest BCUT2D eigenvalue weighted by Gasteiger charge is 2.39. The highest BCUT2D eigenvalue weighted by Crippen LogP contribution is 2.30. The number of aliphatic carboxylic acids is 1. The molecule has 0 bridgehead atoms. The first kappa shape index (κ1) is 12.0. The van der Waals surface area contributed by atoms with Crippen molar-refractivity contribution in [2.75, 3.05) is 5.32 Å². The standard InChI is InChI=1S/C12H19N3O2/c1-15-9-8-13-11(15)14-12(10(16)17)6-4-2-3-5-7-12/h8-9H,2-7H2,1H3,(H,13,14)(H,16,17). The fourth-order valence-electron chi connectivity index (χ4n) is 2.42. The minimum Gasteiger partial charge on any atom is -0.480 e. The van der Waals surface area contributed by atoms with Crippen LogP contribution in [0.5, 0.6) is 0 Å². The molecule has 17 heavy (non-hydrogen) atoms. The number of carbonyl (C=O) groups is 1. The average Bonchev–Trinajstić information content (AvgIpc) is 2.54. The maximum atomic E-state index is 11.6. The van der Waals surface area contributed by atoms with Gasteiger partial charge in [-0.25, -0.2) is 9.78 Å². The van der Waals surface area contributed by atoms with Crippen molar-refractivity contribution in [3.63, 3.8) is 0 Å². The van der Waals surface area contributed by atoms with Crippen molar-refractivity contribution in [3.8, 4) is 0 Å². The predicted molar refractivity (Wildman–Crippen MR) is 64.9 cm³/mol. The van der Waals surface area contributed by atoms with Crippen LogP contribution in [-0.4, -0.2) is 26.2 Å². The van der Waals surface area contributed by atoms with Crippen LogP contribution in [0.25, 0.3) is 0 Å². The molecule has 2 rings (SSSR count). The Bertz CT molecular complexity index is 392.